The predicted octanol–water partition coefficient (Wildman–Crippen LogP) is 3.49. The monoisotopic (exact) mass is 297 g/mol. The van der Waals surface area contributed by atoms with E-state index in [-0.39, 0.29) is 5.92 Å². The fraction of sp³-hybridized carbons (Fsp3) is 0.571. The summed E-state index contributed by atoms with van der Waals surface area (Å²) in [6, 6.07) is 2.16. The fourth-order valence-corrected chi connectivity index (χ4v) is 3.23. The first-order valence-electron chi connectivity index (χ1n) is 6.38. The van der Waals surface area contributed by atoms with Crippen molar-refractivity contribution in [3.05, 3.63) is 27.2 Å². The van der Waals surface area contributed by atoms with Crippen LogP contribution >= 0.6 is 15.9 Å². The van der Waals surface area contributed by atoms with Gasteiger partial charge in [-0.3, -0.25) is 0 Å². The molecule has 0 aliphatic heterocycles. The van der Waals surface area contributed by atoms with Crippen molar-refractivity contribution in [2.45, 2.75) is 44.9 Å². The van der Waals surface area contributed by atoms with Crippen LogP contribution in [-0.2, 0) is 12.8 Å². The largest absolute Gasteiger partial charge is 0.506 e. The van der Waals surface area contributed by atoms with Crippen molar-refractivity contribution in [1.29, 1.82) is 0 Å². The molecule has 1 unspecified atom stereocenters. The van der Waals surface area contributed by atoms with Gasteiger partial charge in [-0.25, -0.2) is 0 Å². The number of rotatable bonds is 2. The molecule has 0 saturated carbocycles. The number of fused-ring (bicyclic) bond motifs is 1. The summed E-state index contributed by atoms with van der Waals surface area (Å²) in [5.41, 5.74) is 9.38. The number of hydrogen-bond acceptors (Lipinski definition) is 2. The van der Waals surface area contributed by atoms with Gasteiger partial charge in [0.1, 0.15) is 5.75 Å². The Kier molecular flexibility index (Phi) is 4.10. The second-order valence-electron chi connectivity index (χ2n) is 4.96. The molecule has 2 nitrogen and oxygen atoms in total. The summed E-state index contributed by atoms with van der Waals surface area (Å²) in [5, 5.41) is 10.2. The maximum absolute atomic E-state index is 10.2. The van der Waals surface area contributed by atoms with Crippen molar-refractivity contribution >= 4 is 15.9 Å². The summed E-state index contributed by atoms with van der Waals surface area (Å²) in [4.78, 5) is 0. The molecule has 3 N–H and O–H groups in total. The number of halogens is 1. The smallest absolute Gasteiger partial charge is 0.133 e. The Hall–Kier alpha value is -0.540. The van der Waals surface area contributed by atoms with Gasteiger partial charge in [0.25, 0.3) is 0 Å². The number of aromatic hydroxyl groups is 1. The topological polar surface area (TPSA) is 46.2 Å². The van der Waals surface area contributed by atoms with Crippen LogP contribution in [0.3, 0.4) is 0 Å². The molecule has 1 aromatic carbocycles. The molecule has 0 saturated heterocycles. The van der Waals surface area contributed by atoms with Crippen molar-refractivity contribution in [3.8, 4) is 5.75 Å². The van der Waals surface area contributed by atoms with Crippen molar-refractivity contribution in [2.24, 2.45) is 5.73 Å². The van der Waals surface area contributed by atoms with E-state index in [1.165, 1.54) is 30.4 Å². The number of phenolic OH excluding ortho intramolecular Hbond substituents is 1. The molecule has 2 rings (SSSR count). The zero-order valence-electron chi connectivity index (χ0n) is 10.3. The number of hydrogen-bond donors (Lipinski definition) is 2. The highest BCUT2D eigenvalue weighted by atomic mass is 79.9. The van der Waals surface area contributed by atoms with Crippen LogP contribution < -0.4 is 5.73 Å². The molecule has 94 valence electrons. The third kappa shape index (κ3) is 2.50. The Labute approximate surface area is 111 Å². The van der Waals surface area contributed by atoms with E-state index in [0.29, 0.717) is 12.3 Å². The van der Waals surface area contributed by atoms with Crippen LogP contribution in [0.2, 0.25) is 0 Å². The molecule has 0 radical (unpaired) electrons. The van der Waals surface area contributed by atoms with E-state index in [0.717, 1.165) is 22.9 Å². The molecule has 0 fully saturated rings. The minimum Gasteiger partial charge on any atom is -0.506 e. The molecule has 3 heteroatoms. The number of nitrogens with two attached hydrogens (primary N) is 1. The van der Waals surface area contributed by atoms with E-state index in [1.54, 1.807) is 0 Å². The van der Waals surface area contributed by atoms with Crippen LogP contribution in [0.25, 0.3) is 0 Å². The first-order chi connectivity index (χ1) is 8.15. The number of benzene rings is 1. The summed E-state index contributed by atoms with van der Waals surface area (Å²) < 4.78 is 0.896. The molecule has 0 amide bonds. The van der Waals surface area contributed by atoms with E-state index >= 15 is 0 Å². The lowest BCUT2D eigenvalue weighted by Crippen LogP contribution is -2.10. The van der Waals surface area contributed by atoms with Crippen LogP contribution in [0.4, 0.5) is 0 Å². The Morgan fingerprint density at radius 1 is 1.35 bits per heavy atom. The Morgan fingerprint density at radius 3 is 2.76 bits per heavy atom. The Bertz CT molecular complexity index is 417. The molecule has 1 aliphatic rings. The average molecular weight is 298 g/mol. The van der Waals surface area contributed by atoms with Crippen molar-refractivity contribution < 1.29 is 5.11 Å². The standard InChI is InChI=1S/C14H20BrNO/c1-9(8-16)12-7-10-5-3-2-4-6-11(10)13(15)14(12)17/h7,9,17H,2-6,8,16H2,1H3. The molecule has 0 heterocycles. The van der Waals surface area contributed by atoms with E-state index in [4.69, 9.17) is 5.73 Å². The van der Waals surface area contributed by atoms with Crippen LogP contribution in [0, 0.1) is 0 Å². The van der Waals surface area contributed by atoms with Gasteiger partial charge in [-0.15, -0.1) is 0 Å². The van der Waals surface area contributed by atoms with Gasteiger partial charge in [0.15, 0.2) is 0 Å². The van der Waals surface area contributed by atoms with E-state index in [1.807, 2.05) is 0 Å². The molecular formula is C14H20BrNO. The first-order valence-corrected chi connectivity index (χ1v) is 7.17. The quantitative estimate of drug-likeness (QED) is 0.821. The van der Waals surface area contributed by atoms with Gasteiger partial charge in [0.2, 0.25) is 0 Å². The van der Waals surface area contributed by atoms with E-state index < -0.39 is 0 Å². The Morgan fingerprint density at radius 2 is 2.06 bits per heavy atom. The summed E-state index contributed by atoms with van der Waals surface area (Å²) in [6.07, 6.45) is 5.94. The molecule has 1 aromatic rings. The second kappa shape index (κ2) is 5.40. The maximum Gasteiger partial charge on any atom is 0.133 e. The molecule has 1 atom stereocenters. The lowest BCUT2D eigenvalue weighted by Gasteiger charge is -2.18. The van der Waals surface area contributed by atoms with Crippen LogP contribution in [-0.4, -0.2) is 11.7 Å². The zero-order valence-corrected chi connectivity index (χ0v) is 11.9. The van der Waals surface area contributed by atoms with Crippen molar-refractivity contribution in [1.82, 2.24) is 0 Å². The van der Waals surface area contributed by atoms with E-state index in [2.05, 4.69) is 28.9 Å². The van der Waals surface area contributed by atoms with Crippen LogP contribution in [0.1, 0.15) is 48.8 Å². The lowest BCUT2D eigenvalue weighted by molar-refractivity contribution is 0.458. The third-order valence-corrected chi connectivity index (χ3v) is 4.58. The SMILES string of the molecule is CC(CN)c1cc2c(c(Br)c1O)CCCCC2. The lowest BCUT2D eigenvalue weighted by atomic mass is 9.93. The summed E-state index contributed by atoms with van der Waals surface area (Å²) in [6.45, 7) is 2.63. The van der Waals surface area contributed by atoms with Crippen LogP contribution in [0.15, 0.2) is 10.5 Å². The van der Waals surface area contributed by atoms with Crippen molar-refractivity contribution in [2.75, 3.05) is 6.54 Å². The molecule has 0 aromatic heterocycles. The zero-order chi connectivity index (χ0) is 12.4. The predicted molar refractivity (Wildman–Crippen MR) is 74.5 cm³/mol. The third-order valence-electron chi connectivity index (χ3n) is 3.72. The van der Waals surface area contributed by atoms with Gasteiger partial charge in [0, 0.05) is 0 Å². The van der Waals surface area contributed by atoms with Gasteiger partial charge in [-0.2, -0.15) is 0 Å². The summed E-state index contributed by atoms with van der Waals surface area (Å²) >= 11 is 3.56. The average Bonchev–Trinajstić information content (AvgIpc) is 2.58. The highest BCUT2D eigenvalue weighted by Crippen LogP contribution is 2.39. The van der Waals surface area contributed by atoms with E-state index in [9.17, 15) is 5.11 Å². The fourth-order valence-electron chi connectivity index (χ4n) is 2.54. The van der Waals surface area contributed by atoms with Gasteiger partial charge in [-0.05, 0) is 70.8 Å². The van der Waals surface area contributed by atoms with Crippen molar-refractivity contribution in [3.63, 3.8) is 0 Å². The highest BCUT2D eigenvalue weighted by molar-refractivity contribution is 9.10. The van der Waals surface area contributed by atoms with Gasteiger partial charge >= 0.3 is 0 Å². The first kappa shape index (κ1) is 12.9. The van der Waals surface area contributed by atoms with Gasteiger partial charge in [-0.1, -0.05) is 19.4 Å². The maximum atomic E-state index is 10.2. The molecule has 0 spiro atoms. The molecule has 0 bridgehead atoms. The minimum absolute atomic E-state index is 0.208. The molecule has 17 heavy (non-hydrogen) atoms. The second-order valence-corrected chi connectivity index (χ2v) is 5.76. The van der Waals surface area contributed by atoms with Gasteiger partial charge < -0.3 is 10.8 Å². The minimum atomic E-state index is 0.208. The Balaban J connectivity index is 2.51. The highest BCUT2D eigenvalue weighted by Gasteiger charge is 2.19. The van der Waals surface area contributed by atoms with Gasteiger partial charge in [0.05, 0.1) is 4.47 Å². The normalized spacial score (nSPS) is 17.4. The molecular weight excluding hydrogens is 278 g/mol. The number of aryl methyl sites for hydroxylation is 1. The number of phenols is 1. The van der Waals surface area contributed by atoms with Crippen LogP contribution in [0.5, 0.6) is 5.75 Å². The summed E-state index contributed by atoms with van der Waals surface area (Å²) in [5.74, 6) is 0.600. The summed E-state index contributed by atoms with van der Waals surface area (Å²) in [7, 11) is 0. The molecule has 1 aliphatic carbocycles.